The molecule has 0 bridgehead atoms. The van der Waals surface area contributed by atoms with Gasteiger partial charge in [-0.1, -0.05) is 12.1 Å². The summed E-state index contributed by atoms with van der Waals surface area (Å²) in [7, 11) is -3.24. The predicted octanol–water partition coefficient (Wildman–Crippen LogP) is 1.24. The van der Waals surface area contributed by atoms with Gasteiger partial charge in [0.1, 0.15) is 18.1 Å². The third-order valence-corrected chi connectivity index (χ3v) is 5.02. The Bertz CT molecular complexity index is 870. The molecule has 1 aromatic heterocycles. The summed E-state index contributed by atoms with van der Waals surface area (Å²) in [6.45, 7) is 4.32. The van der Waals surface area contributed by atoms with Crippen molar-refractivity contribution in [3.05, 3.63) is 30.1 Å². The Labute approximate surface area is 165 Å². The number of fused-ring (bicyclic) bond motifs is 1. The highest BCUT2D eigenvalue weighted by Crippen LogP contribution is 2.18. The quantitative estimate of drug-likeness (QED) is 0.800. The van der Waals surface area contributed by atoms with Gasteiger partial charge in [0.25, 0.3) is 0 Å². The van der Waals surface area contributed by atoms with E-state index in [9.17, 15) is 13.2 Å². The highest BCUT2D eigenvalue weighted by Gasteiger charge is 2.25. The monoisotopic (exact) mass is 422 g/mol. The van der Waals surface area contributed by atoms with E-state index in [4.69, 9.17) is 0 Å². The molecule has 1 aliphatic heterocycles. The third kappa shape index (κ3) is 5.09. The lowest BCUT2D eigenvalue weighted by Gasteiger charge is -2.34. The highest BCUT2D eigenvalue weighted by atomic mass is 35.5. The Kier molecular flexibility index (Phi) is 7.88. The van der Waals surface area contributed by atoms with Crippen molar-refractivity contribution in [1.29, 1.82) is 0 Å². The zero-order chi connectivity index (χ0) is 17.3. The molecule has 0 aliphatic carbocycles. The number of aromatic nitrogens is 2. The maximum Gasteiger partial charge on any atom is 0.242 e. The number of carbonyl (C=O) groups is 1. The molecule has 0 radical (unpaired) electrons. The number of nitrogens with one attached hydrogen (secondary N) is 1. The molecule has 3 rings (SSSR count). The van der Waals surface area contributed by atoms with Gasteiger partial charge in [0, 0.05) is 31.9 Å². The summed E-state index contributed by atoms with van der Waals surface area (Å²) in [5.74, 6) is 0.225. The first-order chi connectivity index (χ1) is 11.3. The van der Waals surface area contributed by atoms with E-state index in [1.807, 2.05) is 36.1 Å². The number of para-hydroxylation sites is 2. The van der Waals surface area contributed by atoms with Gasteiger partial charge in [-0.05, 0) is 19.1 Å². The summed E-state index contributed by atoms with van der Waals surface area (Å²) in [6.07, 6.45) is 1.18. The van der Waals surface area contributed by atoms with Gasteiger partial charge in [0.2, 0.25) is 5.91 Å². The number of piperazine rings is 1. The number of nitrogens with zero attached hydrogens (tertiary/aromatic N) is 3. The van der Waals surface area contributed by atoms with Gasteiger partial charge in [0.15, 0.2) is 9.84 Å². The summed E-state index contributed by atoms with van der Waals surface area (Å²) in [5, 5.41) is 3.26. The standard InChI is InChI=1S/C16H22N4O3S.2ClH/c1-12-9-17-7-8-19(12)16(21)10-20-14-6-4-3-5-13(14)18-15(20)11-24(2,22)23;;/h3-6,12,17H,7-11H2,1-2H3;2*1H. The molecule has 1 saturated heterocycles. The maximum atomic E-state index is 12.7. The van der Waals surface area contributed by atoms with E-state index in [1.54, 1.807) is 4.57 Å². The fourth-order valence-corrected chi connectivity index (χ4v) is 3.77. The molecule has 146 valence electrons. The summed E-state index contributed by atoms with van der Waals surface area (Å²) >= 11 is 0. The van der Waals surface area contributed by atoms with Crippen LogP contribution in [0.15, 0.2) is 24.3 Å². The summed E-state index contributed by atoms with van der Waals surface area (Å²) in [4.78, 5) is 19.0. The van der Waals surface area contributed by atoms with Crippen LogP contribution in [0.4, 0.5) is 0 Å². The number of rotatable bonds is 4. The van der Waals surface area contributed by atoms with Crippen LogP contribution in [0.2, 0.25) is 0 Å². The Morgan fingerprint density at radius 3 is 2.65 bits per heavy atom. The Hall–Kier alpha value is -1.35. The normalized spacial score (nSPS) is 17.5. The first-order valence-electron chi connectivity index (χ1n) is 7.97. The van der Waals surface area contributed by atoms with Crippen molar-refractivity contribution >= 4 is 51.6 Å². The minimum Gasteiger partial charge on any atom is -0.336 e. The van der Waals surface area contributed by atoms with E-state index in [-0.39, 0.29) is 49.1 Å². The molecule has 0 spiro atoms. The number of carbonyl (C=O) groups excluding carboxylic acids is 1. The maximum absolute atomic E-state index is 12.7. The van der Waals surface area contributed by atoms with Crippen LogP contribution < -0.4 is 5.32 Å². The van der Waals surface area contributed by atoms with Crippen molar-refractivity contribution in [2.75, 3.05) is 25.9 Å². The van der Waals surface area contributed by atoms with Gasteiger partial charge in [-0.3, -0.25) is 4.79 Å². The minimum absolute atomic E-state index is 0. The summed E-state index contributed by atoms with van der Waals surface area (Å²) in [6, 6.07) is 7.53. The van der Waals surface area contributed by atoms with Crippen molar-refractivity contribution in [1.82, 2.24) is 19.8 Å². The number of hydrogen-bond acceptors (Lipinski definition) is 5. The fraction of sp³-hybridized carbons (Fsp3) is 0.500. The molecule has 1 amide bonds. The lowest BCUT2D eigenvalue weighted by atomic mass is 10.2. The van der Waals surface area contributed by atoms with Crippen LogP contribution in [0.3, 0.4) is 0 Å². The number of amides is 1. The van der Waals surface area contributed by atoms with E-state index >= 15 is 0 Å². The van der Waals surface area contributed by atoms with E-state index in [0.29, 0.717) is 17.9 Å². The molecule has 1 atom stereocenters. The lowest BCUT2D eigenvalue weighted by Crippen LogP contribution is -2.53. The van der Waals surface area contributed by atoms with Gasteiger partial charge in [0.05, 0.1) is 11.0 Å². The molecular weight excluding hydrogens is 399 g/mol. The molecule has 1 aliphatic rings. The molecule has 0 saturated carbocycles. The first-order valence-corrected chi connectivity index (χ1v) is 10.0. The molecule has 2 aromatic rings. The molecule has 10 heteroatoms. The molecule has 1 unspecified atom stereocenters. The Morgan fingerprint density at radius 2 is 2.00 bits per heavy atom. The van der Waals surface area contributed by atoms with Crippen LogP contribution in [0.5, 0.6) is 0 Å². The van der Waals surface area contributed by atoms with Gasteiger partial charge in [-0.2, -0.15) is 0 Å². The van der Waals surface area contributed by atoms with E-state index in [0.717, 1.165) is 18.6 Å². The smallest absolute Gasteiger partial charge is 0.242 e. The van der Waals surface area contributed by atoms with E-state index in [1.165, 1.54) is 6.26 Å². The molecule has 2 heterocycles. The Balaban J connectivity index is 0.00000169. The second kappa shape index (κ2) is 9.03. The zero-order valence-electron chi connectivity index (χ0n) is 14.7. The molecule has 7 nitrogen and oxygen atoms in total. The van der Waals surface area contributed by atoms with Gasteiger partial charge in [-0.15, -0.1) is 24.8 Å². The third-order valence-electron chi connectivity index (χ3n) is 4.24. The number of imidazole rings is 1. The van der Waals surface area contributed by atoms with Crippen LogP contribution in [0.25, 0.3) is 11.0 Å². The van der Waals surface area contributed by atoms with E-state index < -0.39 is 9.84 Å². The molecule has 1 fully saturated rings. The molecular formula is C16H24Cl2N4O3S. The SMILES string of the molecule is CC1CNCCN1C(=O)Cn1c(CS(C)(=O)=O)nc2ccccc21.Cl.Cl. The van der Waals surface area contributed by atoms with Gasteiger partial charge >= 0.3 is 0 Å². The van der Waals surface area contributed by atoms with Gasteiger partial charge < -0.3 is 14.8 Å². The zero-order valence-corrected chi connectivity index (χ0v) is 17.2. The van der Waals surface area contributed by atoms with Crippen LogP contribution in [-0.2, 0) is 26.9 Å². The minimum atomic E-state index is -3.24. The first kappa shape index (κ1) is 22.7. The van der Waals surface area contributed by atoms with E-state index in [2.05, 4.69) is 10.3 Å². The summed E-state index contributed by atoms with van der Waals surface area (Å²) in [5.41, 5.74) is 1.49. The van der Waals surface area contributed by atoms with Crippen molar-refractivity contribution in [2.24, 2.45) is 0 Å². The second-order valence-electron chi connectivity index (χ2n) is 6.31. The van der Waals surface area contributed by atoms with Crippen molar-refractivity contribution in [2.45, 2.75) is 25.3 Å². The van der Waals surface area contributed by atoms with Crippen molar-refractivity contribution in [3.8, 4) is 0 Å². The average Bonchev–Trinajstić information content (AvgIpc) is 2.83. The summed E-state index contributed by atoms with van der Waals surface area (Å²) < 4.78 is 25.2. The molecule has 26 heavy (non-hydrogen) atoms. The fourth-order valence-electron chi connectivity index (χ4n) is 3.08. The Morgan fingerprint density at radius 1 is 1.31 bits per heavy atom. The number of sulfone groups is 1. The molecule has 1 aromatic carbocycles. The van der Waals surface area contributed by atoms with Gasteiger partial charge in [-0.25, -0.2) is 13.4 Å². The van der Waals surface area contributed by atoms with Crippen LogP contribution in [-0.4, -0.2) is 60.7 Å². The topological polar surface area (TPSA) is 84.3 Å². The second-order valence-corrected chi connectivity index (χ2v) is 8.45. The lowest BCUT2D eigenvalue weighted by molar-refractivity contribution is -0.134. The average molecular weight is 423 g/mol. The number of benzene rings is 1. The largest absolute Gasteiger partial charge is 0.336 e. The molecule has 1 N–H and O–H groups in total. The van der Waals surface area contributed by atoms with Crippen LogP contribution in [0.1, 0.15) is 12.7 Å². The number of halogens is 2. The predicted molar refractivity (Wildman–Crippen MR) is 107 cm³/mol. The van der Waals surface area contributed by atoms with Crippen molar-refractivity contribution in [3.63, 3.8) is 0 Å². The number of hydrogen-bond donors (Lipinski definition) is 1. The van der Waals surface area contributed by atoms with Crippen LogP contribution >= 0.6 is 24.8 Å². The van der Waals surface area contributed by atoms with Crippen LogP contribution in [0, 0.1) is 0 Å². The highest BCUT2D eigenvalue weighted by molar-refractivity contribution is 7.89. The van der Waals surface area contributed by atoms with Crippen molar-refractivity contribution < 1.29 is 13.2 Å².